The Labute approximate surface area is 131 Å². The molecule has 4 nitrogen and oxygen atoms in total. The van der Waals surface area contributed by atoms with Crippen molar-refractivity contribution in [3.8, 4) is 5.75 Å². The van der Waals surface area contributed by atoms with Crippen LogP contribution < -0.4 is 10.1 Å². The first kappa shape index (κ1) is 16.5. The molecule has 0 bridgehead atoms. The van der Waals surface area contributed by atoms with Gasteiger partial charge in [0.25, 0.3) is 0 Å². The number of hydrogen-bond donors (Lipinski definition) is 2. The van der Waals surface area contributed by atoms with Gasteiger partial charge in [-0.15, -0.1) is 0 Å². The lowest BCUT2D eigenvalue weighted by molar-refractivity contribution is 0.0502. The molecule has 0 aromatic heterocycles. The van der Waals surface area contributed by atoms with E-state index in [1.54, 1.807) is 0 Å². The van der Waals surface area contributed by atoms with E-state index in [2.05, 4.69) is 5.32 Å². The van der Waals surface area contributed by atoms with Crippen LogP contribution in [0.15, 0.2) is 54.6 Å². The zero-order valence-corrected chi connectivity index (χ0v) is 12.9. The minimum Gasteiger partial charge on any atom is -0.483 e. The molecule has 0 unspecified atom stereocenters. The van der Waals surface area contributed by atoms with E-state index in [0.717, 1.165) is 17.7 Å². The summed E-state index contributed by atoms with van der Waals surface area (Å²) < 4.78 is 11.8. The van der Waals surface area contributed by atoms with Crippen molar-refractivity contribution in [1.82, 2.24) is 5.32 Å². The van der Waals surface area contributed by atoms with Gasteiger partial charge in [0, 0.05) is 12.1 Å². The normalized spacial score (nSPS) is 12.1. The molecule has 118 valence electrons. The Kier molecular flexibility index (Phi) is 6.90. The largest absolute Gasteiger partial charge is 0.483 e. The third kappa shape index (κ3) is 4.84. The van der Waals surface area contributed by atoms with E-state index in [4.69, 9.17) is 9.47 Å². The van der Waals surface area contributed by atoms with Crippen molar-refractivity contribution in [3.05, 3.63) is 65.7 Å². The zero-order chi connectivity index (χ0) is 15.6. The Hall–Kier alpha value is -1.88. The van der Waals surface area contributed by atoms with Gasteiger partial charge in [0.2, 0.25) is 0 Å². The van der Waals surface area contributed by atoms with Crippen LogP contribution in [0.1, 0.15) is 17.2 Å². The average Bonchev–Trinajstić information content (AvgIpc) is 2.59. The van der Waals surface area contributed by atoms with Crippen LogP contribution >= 0.6 is 0 Å². The molecule has 2 aromatic carbocycles. The summed E-state index contributed by atoms with van der Waals surface area (Å²) in [5.74, 6) is 0.691. The van der Waals surface area contributed by atoms with E-state index in [0.29, 0.717) is 19.0 Å². The molecule has 2 N–H and O–H groups in total. The van der Waals surface area contributed by atoms with Crippen LogP contribution in [0.4, 0.5) is 0 Å². The summed E-state index contributed by atoms with van der Waals surface area (Å²) in [6.07, 6.45) is -0.203. The van der Waals surface area contributed by atoms with E-state index in [-0.39, 0.29) is 12.7 Å². The maximum absolute atomic E-state index is 9.43. The Morgan fingerprint density at radius 3 is 2.50 bits per heavy atom. The van der Waals surface area contributed by atoms with Crippen LogP contribution in [0, 0.1) is 0 Å². The number of likely N-dealkylation sites (N-methyl/N-ethyl adjacent to an activating group) is 1. The number of ether oxygens (including phenoxy) is 2. The molecule has 0 aliphatic heterocycles. The first-order chi connectivity index (χ1) is 10.8. The number of rotatable bonds is 9. The minimum absolute atomic E-state index is 0.0434. The van der Waals surface area contributed by atoms with E-state index >= 15 is 0 Å². The van der Waals surface area contributed by atoms with Crippen LogP contribution in [0.25, 0.3) is 0 Å². The number of hydrogen-bond acceptors (Lipinski definition) is 4. The van der Waals surface area contributed by atoms with Gasteiger partial charge in [-0.25, -0.2) is 0 Å². The summed E-state index contributed by atoms with van der Waals surface area (Å²) in [7, 11) is 1.89. The third-order valence-corrected chi connectivity index (χ3v) is 3.35. The molecule has 0 saturated carbocycles. The summed E-state index contributed by atoms with van der Waals surface area (Å²) in [6.45, 7) is 1.85. The van der Waals surface area contributed by atoms with Crippen molar-refractivity contribution in [1.29, 1.82) is 0 Å². The molecular formula is C18H23NO3. The van der Waals surface area contributed by atoms with E-state index in [9.17, 15) is 5.11 Å². The lowest BCUT2D eigenvalue weighted by atomic mass is 10.1. The van der Waals surface area contributed by atoms with Gasteiger partial charge in [0.05, 0.1) is 19.8 Å². The Bertz CT molecular complexity index is 545. The highest BCUT2D eigenvalue weighted by Gasteiger charge is 2.15. The van der Waals surface area contributed by atoms with Crippen molar-refractivity contribution >= 4 is 0 Å². The highest BCUT2D eigenvalue weighted by molar-refractivity contribution is 5.33. The van der Waals surface area contributed by atoms with Crippen molar-refractivity contribution < 1.29 is 14.6 Å². The van der Waals surface area contributed by atoms with Crippen LogP contribution in [0.2, 0.25) is 0 Å². The van der Waals surface area contributed by atoms with Gasteiger partial charge in [-0.3, -0.25) is 0 Å². The number of aliphatic hydroxyl groups excluding tert-OH is 1. The van der Waals surface area contributed by atoms with Crippen molar-refractivity contribution in [3.63, 3.8) is 0 Å². The standard InChI is InChI=1S/C18H23NO3/c1-19-11-12-21-14-18(15-7-3-2-4-8-15)22-17-10-6-5-9-16(17)13-20/h2-10,18-20H,11-14H2,1H3/t18-/m1/s1. The van der Waals surface area contributed by atoms with Gasteiger partial charge in [0.1, 0.15) is 11.9 Å². The summed E-state index contributed by atoms with van der Waals surface area (Å²) in [5.41, 5.74) is 1.83. The van der Waals surface area contributed by atoms with E-state index < -0.39 is 0 Å². The molecular weight excluding hydrogens is 278 g/mol. The van der Waals surface area contributed by atoms with E-state index in [1.807, 2.05) is 61.6 Å². The Morgan fingerprint density at radius 1 is 1.05 bits per heavy atom. The second-order valence-corrected chi connectivity index (χ2v) is 4.96. The zero-order valence-electron chi connectivity index (χ0n) is 12.9. The summed E-state index contributed by atoms with van der Waals surface area (Å²) >= 11 is 0. The fourth-order valence-corrected chi connectivity index (χ4v) is 2.13. The topological polar surface area (TPSA) is 50.7 Å². The van der Waals surface area contributed by atoms with Gasteiger partial charge >= 0.3 is 0 Å². The van der Waals surface area contributed by atoms with Gasteiger partial charge in [-0.2, -0.15) is 0 Å². The number of para-hydroxylation sites is 1. The van der Waals surface area contributed by atoms with Gasteiger partial charge in [-0.05, 0) is 18.7 Å². The maximum atomic E-state index is 9.43. The first-order valence-corrected chi connectivity index (χ1v) is 7.48. The molecule has 0 heterocycles. The lowest BCUT2D eigenvalue weighted by Gasteiger charge is -2.21. The highest BCUT2D eigenvalue weighted by Crippen LogP contribution is 2.25. The minimum atomic E-state index is -0.203. The molecule has 0 radical (unpaired) electrons. The third-order valence-electron chi connectivity index (χ3n) is 3.35. The fraction of sp³-hybridized carbons (Fsp3) is 0.333. The molecule has 22 heavy (non-hydrogen) atoms. The quantitative estimate of drug-likeness (QED) is 0.699. The predicted molar refractivity (Wildman–Crippen MR) is 86.9 cm³/mol. The molecule has 0 aliphatic carbocycles. The van der Waals surface area contributed by atoms with E-state index in [1.165, 1.54) is 0 Å². The van der Waals surface area contributed by atoms with Crippen molar-refractivity contribution in [2.45, 2.75) is 12.7 Å². The molecule has 1 atom stereocenters. The molecule has 0 saturated heterocycles. The molecule has 0 fully saturated rings. The maximum Gasteiger partial charge on any atom is 0.147 e. The molecule has 4 heteroatoms. The fourth-order valence-electron chi connectivity index (χ4n) is 2.13. The molecule has 0 amide bonds. The van der Waals surface area contributed by atoms with Crippen LogP contribution in [-0.4, -0.2) is 31.9 Å². The average molecular weight is 301 g/mol. The van der Waals surface area contributed by atoms with Crippen LogP contribution in [-0.2, 0) is 11.3 Å². The van der Waals surface area contributed by atoms with Gasteiger partial charge < -0.3 is 19.9 Å². The van der Waals surface area contributed by atoms with Gasteiger partial charge in [0.15, 0.2) is 0 Å². The second-order valence-electron chi connectivity index (χ2n) is 4.96. The SMILES string of the molecule is CNCCOC[C@@H](Oc1ccccc1CO)c1ccccc1. The molecule has 2 aromatic rings. The van der Waals surface area contributed by atoms with Crippen LogP contribution in [0.5, 0.6) is 5.75 Å². The molecule has 0 spiro atoms. The molecule has 0 aliphatic rings. The predicted octanol–water partition coefficient (Wildman–Crippen LogP) is 2.54. The van der Waals surface area contributed by atoms with Gasteiger partial charge in [-0.1, -0.05) is 48.5 Å². The monoisotopic (exact) mass is 301 g/mol. The first-order valence-electron chi connectivity index (χ1n) is 7.48. The Balaban J connectivity index is 2.10. The van der Waals surface area contributed by atoms with Crippen LogP contribution in [0.3, 0.4) is 0 Å². The smallest absolute Gasteiger partial charge is 0.147 e. The second kappa shape index (κ2) is 9.20. The summed E-state index contributed by atoms with van der Waals surface area (Å²) in [5, 5.41) is 12.5. The molecule has 2 rings (SSSR count). The summed E-state index contributed by atoms with van der Waals surface area (Å²) in [4.78, 5) is 0. The highest BCUT2D eigenvalue weighted by atomic mass is 16.5. The number of nitrogens with one attached hydrogen (secondary N) is 1. The van der Waals surface area contributed by atoms with Crippen molar-refractivity contribution in [2.24, 2.45) is 0 Å². The summed E-state index contributed by atoms with van der Waals surface area (Å²) in [6, 6.07) is 17.5. The van der Waals surface area contributed by atoms with Crippen molar-refractivity contribution in [2.75, 3.05) is 26.8 Å². The Morgan fingerprint density at radius 2 is 1.77 bits per heavy atom. The lowest BCUT2D eigenvalue weighted by Crippen LogP contribution is -2.20. The number of benzene rings is 2. The number of aliphatic hydroxyl groups is 1.